The van der Waals surface area contributed by atoms with Crippen molar-refractivity contribution >= 4 is 64.2 Å². The quantitative estimate of drug-likeness (QED) is 0.139. The Balaban J connectivity index is 1.34. The molecule has 2 aromatic rings. The highest BCUT2D eigenvalue weighted by atomic mass is 16.4. The van der Waals surface area contributed by atoms with Crippen LogP contribution in [-0.2, 0) is 33.6 Å². The highest BCUT2D eigenvalue weighted by molar-refractivity contribution is 6.15. The lowest BCUT2D eigenvalue weighted by Gasteiger charge is -2.13. The zero-order valence-electron chi connectivity index (χ0n) is 24.4. The maximum absolute atomic E-state index is 12.2. The summed E-state index contributed by atoms with van der Waals surface area (Å²) >= 11 is 0. The fraction of sp³-hybridized carbons (Fsp3) is 0.300. The Bertz CT molecular complexity index is 1470. The van der Waals surface area contributed by atoms with Gasteiger partial charge >= 0.3 is 5.97 Å². The van der Waals surface area contributed by atoms with Crippen LogP contribution in [-0.4, -0.2) is 71.1 Å². The highest BCUT2D eigenvalue weighted by Crippen LogP contribution is 2.22. The summed E-state index contributed by atoms with van der Waals surface area (Å²) in [5.41, 5.74) is 1.90. The van der Waals surface area contributed by atoms with Crippen molar-refractivity contribution in [2.45, 2.75) is 32.6 Å². The smallest absolute Gasteiger partial charge is 0.306 e. The van der Waals surface area contributed by atoms with Crippen LogP contribution in [0.3, 0.4) is 0 Å². The number of nitrogens with one attached hydrogen (secondary N) is 4. The predicted octanol–water partition coefficient (Wildman–Crippen LogP) is 2.42. The van der Waals surface area contributed by atoms with Gasteiger partial charge in [-0.25, -0.2) is 0 Å². The van der Waals surface area contributed by atoms with Crippen molar-refractivity contribution in [2.75, 3.05) is 30.3 Å². The number of carbonyl (C=O) groups excluding carboxylic acids is 6. The minimum Gasteiger partial charge on any atom is -0.481 e. The number of aliphatic carboxylic acids is 1. The second-order valence-electron chi connectivity index (χ2n) is 9.88. The number of carboxylic acid groups (broad SMARTS) is 1. The average molecular weight is 620 g/mol. The third-order valence-corrected chi connectivity index (χ3v) is 6.48. The topological polar surface area (TPSA) is 216 Å². The summed E-state index contributed by atoms with van der Waals surface area (Å²) in [5, 5.41) is 27.4. The number of imide groups is 1. The molecule has 1 aliphatic rings. The lowest BCUT2D eigenvalue weighted by atomic mass is 9.99. The van der Waals surface area contributed by atoms with Gasteiger partial charge in [0, 0.05) is 29.9 Å². The molecule has 5 N–H and O–H groups in total. The first kappa shape index (κ1) is 33.8. The summed E-state index contributed by atoms with van der Waals surface area (Å²) in [6.07, 6.45) is 3.56. The first-order valence-electron chi connectivity index (χ1n) is 14.1. The number of anilines is 2. The Hall–Kier alpha value is -5.73. The standard InChI is InChI=1S/C30H33N7O8/c1-2-19(30(44)45)4-3-5-24(38)31-16-25(39)32-17-26(40)33-20-6-10-22(11-7-20)35-36-23-12-8-21(9-13-23)34-27(41)18-37-28(42)14-15-29(37)43/h6-15,19H,2-5,16-18H2,1H3,(H,31,38)(H,32,39)(H,33,40)(H,34,41)(H,44,45)/t19-/m0/s1. The number of azo groups is 1. The van der Waals surface area contributed by atoms with Crippen molar-refractivity contribution in [3.8, 4) is 0 Å². The van der Waals surface area contributed by atoms with E-state index in [0.717, 1.165) is 17.1 Å². The van der Waals surface area contributed by atoms with Crippen LogP contribution in [0.5, 0.6) is 0 Å². The summed E-state index contributed by atoms with van der Waals surface area (Å²) < 4.78 is 0. The van der Waals surface area contributed by atoms with E-state index in [1.165, 1.54) is 0 Å². The number of rotatable bonds is 16. The molecule has 3 rings (SSSR count). The normalized spacial score (nSPS) is 13.0. The number of benzene rings is 2. The zero-order valence-corrected chi connectivity index (χ0v) is 24.4. The monoisotopic (exact) mass is 619 g/mol. The minimum absolute atomic E-state index is 0.103. The van der Waals surface area contributed by atoms with E-state index in [-0.39, 0.29) is 25.4 Å². The second kappa shape index (κ2) is 16.8. The van der Waals surface area contributed by atoms with Gasteiger partial charge in [-0.3, -0.25) is 38.5 Å². The summed E-state index contributed by atoms with van der Waals surface area (Å²) in [5.74, 6) is -4.41. The second-order valence-corrected chi connectivity index (χ2v) is 9.88. The Morgan fingerprint density at radius 3 is 1.73 bits per heavy atom. The number of amides is 6. The molecule has 1 atom stereocenters. The van der Waals surface area contributed by atoms with E-state index >= 15 is 0 Å². The highest BCUT2D eigenvalue weighted by Gasteiger charge is 2.25. The molecule has 15 nitrogen and oxygen atoms in total. The van der Waals surface area contributed by atoms with Crippen molar-refractivity contribution in [1.82, 2.24) is 15.5 Å². The maximum Gasteiger partial charge on any atom is 0.306 e. The molecule has 0 aromatic heterocycles. The van der Waals surface area contributed by atoms with E-state index in [1.54, 1.807) is 55.5 Å². The van der Waals surface area contributed by atoms with E-state index in [4.69, 9.17) is 5.11 Å². The van der Waals surface area contributed by atoms with Crippen LogP contribution in [0.4, 0.5) is 22.7 Å². The van der Waals surface area contributed by atoms with E-state index < -0.39 is 48.0 Å². The third-order valence-electron chi connectivity index (χ3n) is 6.48. The van der Waals surface area contributed by atoms with E-state index in [0.29, 0.717) is 42.0 Å². The minimum atomic E-state index is -0.893. The number of hydrogen-bond acceptors (Lipinski definition) is 9. The van der Waals surface area contributed by atoms with Crippen molar-refractivity contribution in [3.05, 3.63) is 60.7 Å². The van der Waals surface area contributed by atoms with E-state index in [1.807, 2.05) is 0 Å². The van der Waals surface area contributed by atoms with E-state index in [2.05, 4.69) is 31.5 Å². The molecule has 0 aliphatic carbocycles. The van der Waals surface area contributed by atoms with Crippen LogP contribution in [0, 0.1) is 5.92 Å². The van der Waals surface area contributed by atoms with Gasteiger partial charge < -0.3 is 26.4 Å². The van der Waals surface area contributed by atoms with Gasteiger partial charge in [-0.05, 0) is 67.8 Å². The van der Waals surface area contributed by atoms with Gasteiger partial charge in [-0.15, -0.1) is 0 Å². The molecule has 45 heavy (non-hydrogen) atoms. The van der Waals surface area contributed by atoms with Gasteiger partial charge in [-0.1, -0.05) is 6.92 Å². The molecule has 6 amide bonds. The van der Waals surface area contributed by atoms with Crippen LogP contribution in [0.25, 0.3) is 0 Å². The fourth-order valence-corrected chi connectivity index (χ4v) is 3.99. The molecule has 1 heterocycles. The molecule has 2 aromatic carbocycles. The van der Waals surface area contributed by atoms with Gasteiger partial charge in [-0.2, -0.15) is 10.2 Å². The van der Waals surface area contributed by atoms with Gasteiger partial charge in [0.25, 0.3) is 11.8 Å². The summed E-state index contributed by atoms with van der Waals surface area (Å²) in [4.78, 5) is 83.1. The number of carbonyl (C=O) groups is 7. The zero-order chi connectivity index (χ0) is 32.8. The fourth-order valence-electron chi connectivity index (χ4n) is 3.99. The van der Waals surface area contributed by atoms with Crippen LogP contribution < -0.4 is 21.3 Å². The summed E-state index contributed by atoms with van der Waals surface area (Å²) in [6, 6.07) is 12.9. The average Bonchev–Trinajstić information content (AvgIpc) is 3.33. The predicted molar refractivity (Wildman–Crippen MR) is 161 cm³/mol. The van der Waals surface area contributed by atoms with Crippen LogP contribution >= 0.6 is 0 Å². The lowest BCUT2D eigenvalue weighted by Crippen LogP contribution is -2.40. The van der Waals surface area contributed by atoms with Crippen molar-refractivity contribution < 1.29 is 38.7 Å². The largest absolute Gasteiger partial charge is 0.481 e. The van der Waals surface area contributed by atoms with Crippen molar-refractivity contribution in [2.24, 2.45) is 16.1 Å². The van der Waals surface area contributed by atoms with Gasteiger partial charge in [0.15, 0.2) is 0 Å². The Kier molecular flexibility index (Phi) is 12.6. The molecular formula is C30H33N7O8. The van der Waals surface area contributed by atoms with Gasteiger partial charge in [0.1, 0.15) is 6.54 Å². The number of hydrogen-bond donors (Lipinski definition) is 5. The van der Waals surface area contributed by atoms with Crippen LogP contribution in [0.1, 0.15) is 32.6 Å². The Labute approximate surface area is 258 Å². The first-order chi connectivity index (χ1) is 21.5. The van der Waals surface area contributed by atoms with Gasteiger partial charge in [0.05, 0.1) is 30.4 Å². The number of nitrogens with zero attached hydrogens (tertiary/aromatic N) is 3. The Morgan fingerprint density at radius 1 is 0.733 bits per heavy atom. The van der Waals surface area contributed by atoms with Crippen LogP contribution in [0.2, 0.25) is 0 Å². The first-order valence-corrected chi connectivity index (χ1v) is 14.1. The van der Waals surface area contributed by atoms with E-state index in [9.17, 15) is 33.6 Å². The molecule has 0 spiro atoms. The molecule has 1 aliphatic heterocycles. The number of carboxylic acids is 1. The molecule has 0 bridgehead atoms. The summed E-state index contributed by atoms with van der Waals surface area (Å²) in [7, 11) is 0. The molecular weight excluding hydrogens is 586 g/mol. The third kappa shape index (κ3) is 11.5. The van der Waals surface area contributed by atoms with Crippen molar-refractivity contribution in [3.63, 3.8) is 0 Å². The molecule has 0 fully saturated rings. The van der Waals surface area contributed by atoms with Gasteiger partial charge in [0.2, 0.25) is 23.6 Å². The molecule has 0 saturated carbocycles. The maximum atomic E-state index is 12.2. The van der Waals surface area contributed by atoms with Crippen LogP contribution in [0.15, 0.2) is 70.9 Å². The summed E-state index contributed by atoms with van der Waals surface area (Å²) in [6.45, 7) is 0.761. The molecule has 0 saturated heterocycles. The lowest BCUT2D eigenvalue weighted by molar-refractivity contribution is -0.142. The molecule has 15 heteroatoms. The molecule has 236 valence electrons. The van der Waals surface area contributed by atoms with Crippen molar-refractivity contribution in [1.29, 1.82) is 0 Å². The Morgan fingerprint density at radius 2 is 1.22 bits per heavy atom. The molecule has 0 radical (unpaired) electrons. The SMILES string of the molecule is CC[C@@H](CCCC(=O)NCC(=O)NCC(=O)Nc1ccc(N=Nc2ccc(NC(=O)CN3C(=O)C=CC3=O)cc2)cc1)C(=O)O. The molecule has 0 unspecified atom stereocenters.